The second-order valence-electron chi connectivity index (χ2n) is 6.23. The van der Waals surface area contributed by atoms with Crippen molar-refractivity contribution in [2.24, 2.45) is 17.6 Å². The van der Waals surface area contributed by atoms with Gasteiger partial charge in [0.05, 0.1) is 0 Å². The molecule has 0 aliphatic heterocycles. The molecule has 2 aliphatic rings. The van der Waals surface area contributed by atoms with Crippen LogP contribution < -0.4 is 5.73 Å². The molecule has 2 fully saturated rings. The van der Waals surface area contributed by atoms with Crippen molar-refractivity contribution >= 4 is 5.91 Å². The molecule has 0 radical (unpaired) electrons. The molecule has 0 bridgehead atoms. The Balaban J connectivity index is 1.81. The Hall–Kier alpha value is -1.31. The molecule has 19 heavy (non-hydrogen) atoms. The average molecular weight is 257 g/mol. The maximum atomic E-state index is 11.1. The Morgan fingerprint density at radius 3 is 2.37 bits per heavy atom. The van der Waals surface area contributed by atoms with E-state index in [-0.39, 0.29) is 5.91 Å². The summed E-state index contributed by atoms with van der Waals surface area (Å²) in [6.45, 7) is 0. The van der Waals surface area contributed by atoms with Crippen molar-refractivity contribution in [3.63, 3.8) is 0 Å². The molecular formula is C17H23NO. The van der Waals surface area contributed by atoms with E-state index in [2.05, 4.69) is 12.1 Å². The van der Waals surface area contributed by atoms with Crippen molar-refractivity contribution in [1.82, 2.24) is 0 Å². The summed E-state index contributed by atoms with van der Waals surface area (Å²) in [5.74, 6) is 2.21. The van der Waals surface area contributed by atoms with Crippen LogP contribution in [0.25, 0.3) is 0 Å². The predicted molar refractivity (Wildman–Crippen MR) is 77.0 cm³/mol. The van der Waals surface area contributed by atoms with Crippen LogP contribution in [-0.2, 0) is 0 Å². The van der Waals surface area contributed by atoms with Crippen molar-refractivity contribution in [3.8, 4) is 0 Å². The van der Waals surface area contributed by atoms with E-state index in [1.165, 1.54) is 50.5 Å². The lowest BCUT2D eigenvalue weighted by Crippen LogP contribution is -2.29. The maximum absolute atomic E-state index is 11.1. The standard InChI is InChI=1S/C17H23NO/c18-17(19)14-10-8-13(9-11-14)16-7-3-5-12-4-1-2-6-15(12)16/h8-12,15-16H,1-7H2,(H2,18,19). The van der Waals surface area contributed by atoms with E-state index in [9.17, 15) is 4.79 Å². The van der Waals surface area contributed by atoms with Crippen molar-refractivity contribution in [1.29, 1.82) is 0 Å². The van der Waals surface area contributed by atoms with Crippen LogP contribution in [0.2, 0.25) is 0 Å². The predicted octanol–water partition coefficient (Wildman–Crippen LogP) is 3.86. The van der Waals surface area contributed by atoms with Crippen LogP contribution in [0.3, 0.4) is 0 Å². The number of rotatable bonds is 2. The molecule has 0 aromatic heterocycles. The summed E-state index contributed by atoms with van der Waals surface area (Å²) in [5, 5.41) is 0. The minimum Gasteiger partial charge on any atom is -0.366 e. The summed E-state index contributed by atoms with van der Waals surface area (Å²) in [6, 6.07) is 8.04. The molecule has 2 nitrogen and oxygen atoms in total. The quantitative estimate of drug-likeness (QED) is 0.859. The molecule has 0 heterocycles. The van der Waals surface area contributed by atoms with E-state index in [4.69, 9.17) is 5.73 Å². The first-order chi connectivity index (χ1) is 9.25. The third-order valence-electron chi connectivity index (χ3n) is 5.20. The van der Waals surface area contributed by atoms with Gasteiger partial charge in [-0.25, -0.2) is 0 Å². The highest BCUT2D eigenvalue weighted by Crippen LogP contribution is 2.48. The Labute approximate surface area is 115 Å². The largest absolute Gasteiger partial charge is 0.366 e. The number of carbonyl (C=O) groups excluding carboxylic acids is 1. The summed E-state index contributed by atoms with van der Waals surface area (Å²) in [6.07, 6.45) is 9.76. The summed E-state index contributed by atoms with van der Waals surface area (Å²) in [7, 11) is 0. The van der Waals surface area contributed by atoms with Gasteiger partial charge in [-0.05, 0) is 48.3 Å². The Morgan fingerprint density at radius 2 is 1.63 bits per heavy atom. The van der Waals surface area contributed by atoms with Crippen LogP contribution in [0, 0.1) is 11.8 Å². The highest BCUT2D eigenvalue weighted by Gasteiger charge is 2.35. The maximum Gasteiger partial charge on any atom is 0.248 e. The van der Waals surface area contributed by atoms with E-state index in [0.29, 0.717) is 11.5 Å². The van der Waals surface area contributed by atoms with Gasteiger partial charge in [-0.2, -0.15) is 0 Å². The summed E-state index contributed by atoms with van der Waals surface area (Å²) >= 11 is 0. The zero-order valence-corrected chi connectivity index (χ0v) is 11.5. The minimum atomic E-state index is -0.328. The van der Waals surface area contributed by atoms with E-state index in [1.54, 1.807) is 0 Å². The second-order valence-corrected chi connectivity index (χ2v) is 6.23. The molecule has 3 rings (SSSR count). The zero-order chi connectivity index (χ0) is 13.2. The third kappa shape index (κ3) is 2.54. The second kappa shape index (κ2) is 5.36. The number of nitrogens with two attached hydrogens (primary N) is 1. The van der Waals surface area contributed by atoms with Gasteiger partial charge in [0.1, 0.15) is 0 Å². The highest BCUT2D eigenvalue weighted by atomic mass is 16.1. The van der Waals surface area contributed by atoms with Gasteiger partial charge in [0.15, 0.2) is 0 Å². The molecule has 1 amide bonds. The molecular weight excluding hydrogens is 234 g/mol. The van der Waals surface area contributed by atoms with Crippen LogP contribution in [0.4, 0.5) is 0 Å². The van der Waals surface area contributed by atoms with Crippen LogP contribution >= 0.6 is 0 Å². The molecule has 1 aromatic carbocycles. The van der Waals surface area contributed by atoms with E-state index < -0.39 is 0 Å². The van der Waals surface area contributed by atoms with Gasteiger partial charge in [0.25, 0.3) is 0 Å². The number of amides is 1. The van der Waals surface area contributed by atoms with Gasteiger partial charge in [0.2, 0.25) is 5.91 Å². The fraction of sp³-hybridized carbons (Fsp3) is 0.588. The fourth-order valence-corrected chi connectivity index (χ4v) is 4.25. The van der Waals surface area contributed by atoms with Gasteiger partial charge >= 0.3 is 0 Å². The van der Waals surface area contributed by atoms with Crippen LogP contribution in [0.15, 0.2) is 24.3 Å². The first kappa shape index (κ1) is 12.7. The molecule has 2 aliphatic carbocycles. The number of carbonyl (C=O) groups is 1. The molecule has 2 saturated carbocycles. The first-order valence-electron chi connectivity index (χ1n) is 7.65. The minimum absolute atomic E-state index is 0.328. The lowest BCUT2D eigenvalue weighted by Gasteiger charge is -2.41. The molecule has 1 aromatic rings. The lowest BCUT2D eigenvalue weighted by atomic mass is 9.64. The van der Waals surface area contributed by atoms with Crippen molar-refractivity contribution in [2.45, 2.75) is 50.9 Å². The normalized spacial score (nSPS) is 30.6. The van der Waals surface area contributed by atoms with E-state index in [1.807, 2.05) is 12.1 Å². The summed E-state index contributed by atoms with van der Waals surface area (Å²) < 4.78 is 0. The van der Waals surface area contributed by atoms with Crippen LogP contribution in [-0.4, -0.2) is 5.91 Å². The Kier molecular flexibility index (Phi) is 3.58. The molecule has 102 valence electrons. The average Bonchev–Trinajstić information content (AvgIpc) is 2.47. The fourth-order valence-electron chi connectivity index (χ4n) is 4.25. The van der Waals surface area contributed by atoms with E-state index >= 15 is 0 Å². The Bertz CT molecular complexity index is 449. The van der Waals surface area contributed by atoms with Gasteiger partial charge in [0, 0.05) is 5.56 Å². The smallest absolute Gasteiger partial charge is 0.248 e. The molecule has 2 N–H and O–H groups in total. The molecule has 0 saturated heterocycles. The highest BCUT2D eigenvalue weighted by molar-refractivity contribution is 5.92. The number of fused-ring (bicyclic) bond motifs is 1. The number of primary amides is 1. The van der Waals surface area contributed by atoms with Crippen molar-refractivity contribution in [2.75, 3.05) is 0 Å². The summed E-state index contributed by atoms with van der Waals surface area (Å²) in [4.78, 5) is 11.1. The molecule has 3 unspecified atom stereocenters. The number of hydrogen-bond acceptors (Lipinski definition) is 1. The van der Waals surface area contributed by atoms with E-state index in [0.717, 1.165) is 11.8 Å². The van der Waals surface area contributed by atoms with Crippen molar-refractivity contribution < 1.29 is 4.79 Å². The first-order valence-corrected chi connectivity index (χ1v) is 7.65. The van der Waals surface area contributed by atoms with Gasteiger partial charge in [-0.3, -0.25) is 4.79 Å². The van der Waals surface area contributed by atoms with Gasteiger partial charge < -0.3 is 5.73 Å². The molecule has 2 heteroatoms. The van der Waals surface area contributed by atoms with Gasteiger partial charge in [-0.15, -0.1) is 0 Å². The third-order valence-corrected chi connectivity index (χ3v) is 5.20. The zero-order valence-electron chi connectivity index (χ0n) is 11.5. The summed E-state index contributed by atoms with van der Waals surface area (Å²) in [5.41, 5.74) is 7.35. The van der Waals surface area contributed by atoms with Crippen LogP contribution in [0.5, 0.6) is 0 Å². The molecule has 0 spiro atoms. The SMILES string of the molecule is NC(=O)c1ccc(C2CCCC3CCCCC32)cc1. The lowest BCUT2D eigenvalue weighted by molar-refractivity contribution is 0.1000. The van der Waals surface area contributed by atoms with Gasteiger partial charge in [-0.1, -0.05) is 44.2 Å². The Morgan fingerprint density at radius 1 is 0.947 bits per heavy atom. The van der Waals surface area contributed by atoms with Crippen molar-refractivity contribution in [3.05, 3.63) is 35.4 Å². The monoisotopic (exact) mass is 257 g/mol. The van der Waals surface area contributed by atoms with Crippen LogP contribution in [0.1, 0.15) is 66.8 Å². The number of benzene rings is 1. The number of hydrogen-bond donors (Lipinski definition) is 1. The topological polar surface area (TPSA) is 43.1 Å². The molecule has 3 atom stereocenters.